The van der Waals surface area contributed by atoms with Crippen LogP contribution in [0.15, 0.2) is 60.8 Å². The minimum absolute atomic E-state index is 0.0895. The Hall–Kier alpha value is -4.21. The molecule has 4 aromatic rings. The Morgan fingerprint density at radius 2 is 1.65 bits per heavy atom. The third-order valence-electron chi connectivity index (χ3n) is 4.82. The Morgan fingerprint density at radius 1 is 0.935 bits per heavy atom. The highest BCUT2D eigenvalue weighted by atomic mass is 19.4. The number of rotatable bonds is 3. The summed E-state index contributed by atoms with van der Waals surface area (Å²) in [6, 6.07) is 13.6. The largest absolute Gasteiger partial charge is 0.573 e. The average Bonchev–Trinajstić information content (AvgIpc) is 3.27. The maximum Gasteiger partial charge on any atom is 0.573 e. The first kappa shape index (κ1) is 18.8. The van der Waals surface area contributed by atoms with Gasteiger partial charge < -0.3 is 4.74 Å². The zero-order valence-electron chi connectivity index (χ0n) is 15.5. The summed E-state index contributed by atoms with van der Waals surface area (Å²) in [5.41, 5.74) is 1.91. The number of carbonyl (C=O) groups is 2. The minimum Gasteiger partial charge on any atom is -0.406 e. The SMILES string of the molecule is O=C1c2cnc3n[nH]c(-c4ccccc4)c3c2C(=O)N1c1ccc(OC(F)(F)F)cc1. The zero-order valence-corrected chi connectivity index (χ0v) is 15.5. The number of ether oxygens (including phenoxy) is 1. The lowest BCUT2D eigenvalue weighted by Gasteiger charge is -2.15. The van der Waals surface area contributed by atoms with E-state index in [0.29, 0.717) is 11.1 Å². The summed E-state index contributed by atoms with van der Waals surface area (Å²) in [5, 5.41) is 7.40. The van der Waals surface area contributed by atoms with Gasteiger partial charge in [0.15, 0.2) is 5.65 Å². The predicted molar refractivity (Wildman–Crippen MR) is 104 cm³/mol. The summed E-state index contributed by atoms with van der Waals surface area (Å²) in [6.07, 6.45) is -3.57. The predicted octanol–water partition coefficient (Wildman–Crippen LogP) is 4.32. The number of H-pyrrole nitrogens is 1. The quantitative estimate of drug-likeness (QED) is 0.495. The zero-order chi connectivity index (χ0) is 21.8. The molecule has 31 heavy (non-hydrogen) atoms. The van der Waals surface area contributed by atoms with Crippen LogP contribution in [0.3, 0.4) is 0 Å². The molecule has 2 amide bonds. The molecule has 0 fully saturated rings. The number of nitrogens with zero attached hydrogens (tertiary/aromatic N) is 3. The van der Waals surface area contributed by atoms with Crippen molar-refractivity contribution >= 4 is 28.5 Å². The van der Waals surface area contributed by atoms with E-state index >= 15 is 0 Å². The van der Waals surface area contributed by atoms with Crippen LogP contribution in [-0.4, -0.2) is 33.4 Å². The van der Waals surface area contributed by atoms with Gasteiger partial charge in [-0.15, -0.1) is 13.2 Å². The van der Waals surface area contributed by atoms with Crippen LogP contribution in [-0.2, 0) is 0 Å². The maximum atomic E-state index is 13.2. The number of hydrogen-bond donors (Lipinski definition) is 1. The molecule has 1 N–H and O–H groups in total. The van der Waals surface area contributed by atoms with Gasteiger partial charge in [-0.3, -0.25) is 14.7 Å². The van der Waals surface area contributed by atoms with E-state index in [9.17, 15) is 22.8 Å². The number of alkyl halides is 3. The number of halogens is 3. The van der Waals surface area contributed by atoms with Crippen LogP contribution in [0.25, 0.3) is 22.3 Å². The van der Waals surface area contributed by atoms with Crippen molar-refractivity contribution in [2.24, 2.45) is 0 Å². The van der Waals surface area contributed by atoms with Crippen molar-refractivity contribution in [1.82, 2.24) is 15.2 Å². The van der Waals surface area contributed by atoms with Gasteiger partial charge in [0.25, 0.3) is 11.8 Å². The molecule has 1 aliphatic rings. The third kappa shape index (κ3) is 3.08. The Balaban J connectivity index is 1.59. The topological polar surface area (TPSA) is 88.2 Å². The fourth-order valence-electron chi connectivity index (χ4n) is 3.54. The van der Waals surface area contributed by atoms with Gasteiger partial charge in [0.05, 0.1) is 27.9 Å². The summed E-state index contributed by atoms with van der Waals surface area (Å²) in [5.74, 6) is -1.70. The Kier molecular flexibility index (Phi) is 4.04. The molecule has 5 rings (SSSR count). The third-order valence-corrected chi connectivity index (χ3v) is 4.82. The van der Waals surface area contributed by atoms with Crippen LogP contribution < -0.4 is 9.64 Å². The molecule has 0 saturated heterocycles. The molecule has 154 valence electrons. The molecule has 10 heteroatoms. The number of aromatic nitrogens is 3. The first-order chi connectivity index (χ1) is 14.8. The van der Waals surface area contributed by atoms with Crippen LogP contribution in [0.1, 0.15) is 20.7 Å². The first-order valence-electron chi connectivity index (χ1n) is 9.00. The van der Waals surface area contributed by atoms with E-state index < -0.39 is 23.9 Å². The Morgan fingerprint density at radius 3 is 2.32 bits per heavy atom. The minimum atomic E-state index is -4.84. The van der Waals surface area contributed by atoms with Crippen molar-refractivity contribution in [1.29, 1.82) is 0 Å². The lowest BCUT2D eigenvalue weighted by Crippen LogP contribution is -2.29. The summed E-state index contributed by atoms with van der Waals surface area (Å²) >= 11 is 0. The summed E-state index contributed by atoms with van der Waals surface area (Å²) < 4.78 is 41.0. The maximum absolute atomic E-state index is 13.2. The van der Waals surface area contributed by atoms with E-state index in [1.807, 2.05) is 30.3 Å². The molecular weight excluding hydrogens is 413 g/mol. The molecule has 0 spiro atoms. The number of benzene rings is 2. The number of pyridine rings is 1. The number of carbonyl (C=O) groups excluding carboxylic acids is 2. The van der Waals surface area contributed by atoms with Crippen LogP contribution in [0.4, 0.5) is 18.9 Å². The number of hydrogen-bond acceptors (Lipinski definition) is 5. The van der Waals surface area contributed by atoms with Crippen LogP contribution in [0, 0.1) is 0 Å². The fraction of sp³-hybridized carbons (Fsp3) is 0.0476. The number of nitrogens with one attached hydrogen (secondary N) is 1. The molecule has 2 aromatic carbocycles. The van der Waals surface area contributed by atoms with E-state index in [2.05, 4.69) is 19.9 Å². The van der Waals surface area contributed by atoms with Gasteiger partial charge in [-0.1, -0.05) is 30.3 Å². The number of aromatic amines is 1. The van der Waals surface area contributed by atoms with Crippen LogP contribution in [0.2, 0.25) is 0 Å². The molecule has 1 aliphatic heterocycles. The summed E-state index contributed by atoms with van der Waals surface area (Å²) in [6.45, 7) is 0. The lowest BCUT2D eigenvalue weighted by molar-refractivity contribution is -0.274. The Labute approximate surface area is 172 Å². The molecule has 0 saturated carbocycles. The molecule has 3 heterocycles. The number of anilines is 1. The number of amides is 2. The average molecular weight is 424 g/mol. The second-order valence-electron chi connectivity index (χ2n) is 6.70. The molecule has 2 aromatic heterocycles. The smallest absolute Gasteiger partial charge is 0.406 e. The van der Waals surface area contributed by atoms with Gasteiger partial charge in [0.1, 0.15) is 5.75 Å². The van der Waals surface area contributed by atoms with E-state index in [0.717, 1.165) is 22.6 Å². The molecule has 0 bridgehead atoms. The molecule has 0 radical (unpaired) electrons. The molecule has 0 unspecified atom stereocenters. The van der Waals surface area contributed by atoms with Crippen molar-refractivity contribution in [3.63, 3.8) is 0 Å². The molecule has 0 aliphatic carbocycles. The van der Waals surface area contributed by atoms with Gasteiger partial charge in [-0.2, -0.15) is 5.10 Å². The first-order valence-corrected chi connectivity index (χ1v) is 9.00. The van der Waals surface area contributed by atoms with Crippen LogP contribution >= 0.6 is 0 Å². The van der Waals surface area contributed by atoms with Gasteiger partial charge in [-0.05, 0) is 24.3 Å². The highest BCUT2D eigenvalue weighted by molar-refractivity contribution is 6.38. The van der Waals surface area contributed by atoms with Gasteiger partial charge in [0, 0.05) is 11.8 Å². The molecular formula is C21H11F3N4O3. The van der Waals surface area contributed by atoms with E-state index in [-0.39, 0.29) is 22.5 Å². The Bertz CT molecular complexity index is 1330. The van der Waals surface area contributed by atoms with Crippen molar-refractivity contribution in [3.8, 4) is 17.0 Å². The van der Waals surface area contributed by atoms with Gasteiger partial charge >= 0.3 is 6.36 Å². The second kappa shape index (κ2) is 6.66. The lowest BCUT2D eigenvalue weighted by atomic mass is 10.0. The standard InChI is InChI=1S/C21H11F3N4O3/c22-21(23,24)31-13-8-6-12(7-9-13)28-19(29)14-10-25-18-16(15(14)20(28)30)17(26-27-18)11-4-2-1-3-5-11/h1-10H,(H,25,26,27). The van der Waals surface area contributed by atoms with Crippen molar-refractivity contribution in [2.75, 3.05) is 4.90 Å². The highest BCUT2D eigenvalue weighted by Crippen LogP contribution is 2.37. The van der Waals surface area contributed by atoms with Gasteiger partial charge in [0.2, 0.25) is 0 Å². The van der Waals surface area contributed by atoms with E-state index in [1.165, 1.54) is 18.3 Å². The van der Waals surface area contributed by atoms with Crippen molar-refractivity contribution in [2.45, 2.75) is 6.36 Å². The number of imide groups is 1. The van der Waals surface area contributed by atoms with Gasteiger partial charge in [-0.25, -0.2) is 9.88 Å². The van der Waals surface area contributed by atoms with Crippen molar-refractivity contribution in [3.05, 3.63) is 71.9 Å². The van der Waals surface area contributed by atoms with E-state index in [1.54, 1.807) is 0 Å². The molecule has 7 nitrogen and oxygen atoms in total. The monoisotopic (exact) mass is 424 g/mol. The fourth-order valence-corrected chi connectivity index (χ4v) is 3.54. The van der Waals surface area contributed by atoms with Crippen molar-refractivity contribution < 1.29 is 27.5 Å². The van der Waals surface area contributed by atoms with Crippen LogP contribution in [0.5, 0.6) is 5.75 Å². The summed E-state index contributed by atoms with van der Waals surface area (Å²) in [7, 11) is 0. The van der Waals surface area contributed by atoms with E-state index in [4.69, 9.17) is 0 Å². The molecule has 0 atom stereocenters. The summed E-state index contributed by atoms with van der Waals surface area (Å²) in [4.78, 5) is 31.3. The normalized spacial score (nSPS) is 13.7. The second-order valence-corrected chi connectivity index (χ2v) is 6.70. The highest BCUT2D eigenvalue weighted by Gasteiger charge is 2.40. The number of fused-ring (bicyclic) bond motifs is 3.